The summed E-state index contributed by atoms with van der Waals surface area (Å²) in [5, 5.41) is 3.01. The van der Waals surface area contributed by atoms with Crippen molar-refractivity contribution >= 4 is 11.6 Å². The number of carbonyl (C=O) groups is 1. The molecule has 19 heavy (non-hydrogen) atoms. The molecule has 0 spiro atoms. The van der Waals surface area contributed by atoms with Crippen molar-refractivity contribution in [2.75, 3.05) is 25.5 Å². The summed E-state index contributed by atoms with van der Waals surface area (Å²) in [6.45, 7) is 6.64. The Labute approximate surface area is 116 Å². The van der Waals surface area contributed by atoms with E-state index in [-0.39, 0.29) is 17.4 Å². The molecule has 1 aromatic carbocycles. The first-order valence-corrected chi connectivity index (χ1v) is 6.54. The molecule has 0 heterocycles. The van der Waals surface area contributed by atoms with E-state index in [1.54, 1.807) is 0 Å². The number of nitrogens with one attached hydrogen (secondary N) is 1. The third-order valence-electron chi connectivity index (χ3n) is 3.21. The number of rotatable bonds is 4. The molecule has 3 N–H and O–H groups in total. The van der Waals surface area contributed by atoms with E-state index in [0.29, 0.717) is 12.1 Å². The third-order valence-corrected chi connectivity index (χ3v) is 3.21. The van der Waals surface area contributed by atoms with Crippen molar-refractivity contribution in [1.29, 1.82) is 0 Å². The van der Waals surface area contributed by atoms with Gasteiger partial charge >= 0.3 is 0 Å². The van der Waals surface area contributed by atoms with Gasteiger partial charge in [0, 0.05) is 37.9 Å². The van der Waals surface area contributed by atoms with Crippen LogP contribution in [0.1, 0.15) is 31.1 Å². The molecule has 0 radical (unpaired) electrons. The molecule has 1 amide bonds. The molecule has 1 atom stereocenters. The zero-order valence-electron chi connectivity index (χ0n) is 12.5. The molecule has 0 aliphatic heterocycles. The number of hydrogen-bond acceptors (Lipinski definition) is 3. The third kappa shape index (κ3) is 4.24. The minimum Gasteiger partial charge on any atom is -0.378 e. The first kappa shape index (κ1) is 15.5. The fraction of sp³-hybridized carbons (Fsp3) is 0.533. The number of anilines is 1. The predicted octanol–water partition coefficient (Wildman–Crippen LogP) is 1.86. The molecule has 0 fully saturated rings. The molecule has 0 saturated heterocycles. The Hall–Kier alpha value is -1.55. The van der Waals surface area contributed by atoms with Gasteiger partial charge in [-0.3, -0.25) is 4.79 Å². The molecular formula is C15H25N3O. The first-order chi connectivity index (χ1) is 8.75. The highest BCUT2D eigenvalue weighted by atomic mass is 16.1. The summed E-state index contributed by atoms with van der Waals surface area (Å²) in [5.41, 5.74) is 7.36. The van der Waals surface area contributed by atoms with Crippen molar-refractivity contribution in [3.8, 4) is 0 Å². The summed E-state index contributed by atoms with van der Waals surface area (Å²) in [6, 6.07) is 7.52. The zero-order chi connectivity index (χ0) is 14.6. The molecule has 4 nitrogen and oxygen atoms in total. The summed E-state index contributed by atoms with van der Waals surface area (Å²) >= 11 is 0. The van der Waals surface area contributed by atoms with Crippen molar-refractivity contribution in [3.05, 3.63) is 29.8 Å². The SMILES string of the molecule is CN(C)c1cccc(C(=O)NC(CN)C(C)(C)C)c1. The van der Waals surface area contributed by atoms with Gasteiger partial charge < -0.3 is 16.0 Å². The van der Waals surface area contributed by atoms with Crippen molar-refractivity contribution < 1.29 is 4.79 Å². The number of amides is 1. The highest BCUT2D eigenvalue weighted by Crippen LogP contribution is 2.19. The van der Waals surface area contributed by atoms with Crippen LogP contribution in [0.3, 0.4) is 0 Å². The maximum atomic E-state index is 12.3. The summed E-state index contributed by atoms with van der Waals surface area (Å²) in [6.07, 6.45) is 0. The molecule has 0 bridgehead atoms. The Morgan fingerprint density at radius 2 is 2.00 bits per heavy atom. The van der Waals surface area contributed by atoms with E-state index in [9.17, 15) is 4.79 Å². The molecule has 106 valence electrons. The van der Waals surface area contributed by atoms with Gasteiger partial charge in [-0.15, -0.1) is 0 Å². The van der Waals surface area contributed by atoms with Crippen LogP contribution in [0.5, 0.6) is 0 Å². The fourth-order valence-electron chi connectivity index (χ4n) is 1.80. The van der Waals surface area contributed by atoms with E-state index in [2.05, 4.69) is 26.1 Å². The van der Waals surface area contributed by atoms with Crippen molar-refractivity contribution in [1.82, 2.24) is 5.32 Å². The largest absolute Gasteiger partial charge is 0.378 e. The van der Waals surface area contributed by atoms with Crippen LogP contribution in [0.15, 0.2) is 24.3 Å². The Morgan fingerprint density at radius 3 is 2.47 bits per heavy atom. The van der Waals surface area contributed by atoms with E-state index in [1.165, 1.54) is 0 Å². The Balaban J connectivity index is 2.86. The molecule has 0 saturated carbocycles. The number of benzene rings is 1. The normalized spacial score (nSPS) is 12.9. The lowest BCUT2D eigenvalue weighted by atomic mass is 9.86. The van der Waals surface area contributed by atoms with E-state index >= 15 is 0 Å². The maximum Gasteiger partial charge on any atom is 0.251 e. The second-order valence-electron chi connectivity index (χ2n) is 6.07. The van der Waals surface area contributed by atoms with Crippen LogP contribution in [0, 0.1) is 5.41 Å². The fourth-order valence-corrected chi connectivity index (χ4v) is 1.80. The van der Waals surface area contributed by atoms with Gasteiger partial charge in [0.15, 0.2) is 0 Å². The quantitative estimate of drug-likeness (QED) is 0.871. The van der Waals surface area contributed by atoms with Crippen molar-refractivity contribution in [3.63, 3.8) is 0 Å². The molecule has 0 aliphatic rings. The van der Waals surface area contributed by atoms with Gasteiger partial charge in [0.05, 0.1) is 0 Å². The molecule has 4 heteroatoms. The van der Waals surface area contributed by atoms with Gasteiger partial charge in [-0.05, 0) is 23.6 Å². The van der Waals surface area contributed by atoms with E-state index in [1.807, 2.05) is 43.3 Å². The molecule has 1 unspecified atom stereocenters. The van der Waals surface area contributed by atoms with Crippen molar-refractivity contribution in [2.24, 2.45) is 11.1 Å². The maximum absolute atomic E-state index is 12.3. The number of carbonyl (C=O) groups excluding carboxylic acids is 1. The lowest BCUT2D eigenvalue weighted by Crippen LogP contribution is -2.48. The van der Waals surface area contributed by atoms with Crippen LogP contribution < -0.4 is 16.0 Å². The summed E-state index contributed by atoms with van der Waals surface area (Å²) in [7, 11) is 3.91. The molecular weight excluding hydrogens is 238 g/mol. The number of nitrogens with zero attached hydrogens (tertiary/aromatic N) is 1. The standard InChI is InChI=1S/C15H25N3O/c1-15(2,3)13(10-16)17-14(19)11-7-6-8-12(9-11)18(4)5/h6-9,13H,10,16H2,1-5H3,(H,17,19). The van der Waals surface area contributed by atoms with Gasteiger partial charge in [-0.2, -0.15) is 0 Å². The number of hydrogen-bond donors (Lipinski definition) is 2. The Kier molecular flexibility index (Phi) is 4.95. The van der Waals surface area contributed by atoms with E-state index < -0.39 is 0 Å². The summed E-state index contributed by atoms with van der Waals surface area (Å²) in [5.74, 6) is -0.0749. The van der Waals surface area contributed by atoms with Gasteiger partial charge in [0.25, 0.3) is 5.91 Å². The second-order valence-corrected chi connectivity index (χ2v) is 6.07. The van der Waals surface area contributed by atoms with Gasteiger partial charge in [0.2, 0.25) is 0 Å². The minimum atomic E-state index is -0.0749. The van der Waals surface area contributed by atoms with E-state index in [4.69, 9.17) is 5.73 Å². The molecule has 1 rings (SSSR count). The zero-order valence-corrected chi connectivity index (χ0v) is 12.5. The molecule has 1 aromatic rings. The van der Waals surface area contributed by atoms with Gasteiger partial charge in [-0.25, -0.2) is 0 Å². The molecule has 0 aliphatic carbocycles. The predicted molar refractivity (Wildman–Crippen MR) is 80.5 cm³/mol. The molecule has 0 aromatic heterocycles. The highest BCUT2D eigenvalue weighted by molar-refractivity contribution is 5.95. The van der Waals surface area contributed by atoms with Crippen LogP contribution in [-0.4, -0.2) is 32.6 Å². The van der Waals surface area contributed by atoms with Crippen LogP contribution in [0.4, 0.5) is 5.69 Å². The minimum absolute atomic E-state index is 0.0389. The van der Waals surface area contributed by atoms with E-state index in [0.717, 1.165) is 5.69 Å². The van der Waals surface area contributed by atoms with Crippen LogP contribution in [-0.2, 0) is 0 Å². The first-order valence-electron chi connectivity index (χ1n) is 6.54. The summed E-state index contributed by atoms with van der Waals surface area (Å²) in [4.78, 5) is 14.2. The lowest BCUT2D eigenvalue weighted by Gasteiger charge is -2.30. The highest BCUT2D eigenvalue weighted by Gasteiger charge is 2.25. The Bertz CT molecular complexity index is 435. The van der Waals surface area contributed by atoms with Crippen LogP contribution in [0.2, 0.25) is 0 Å². The van der Waals surface area contributed by atoms with Crippen molar-refractivity contribution in [2.45, 2.75) is 26.8 Å². The average molecular weight is 263 g/mol. The topological polar surface area (TPSA) is 58.4 Å². The number of nitrogens with two attached hydrogens (primary N) is 1. The smallest absolute Gasteiger partial charge is 0.251 e. The summed E-state index contributed by atoms with van der Waals surface area (Å²) < 4.78 is 0. The van der Waals surface area contributed by atoms with Crippen LogP contribution >= 0.6 is 0 Å². The lowest BCUT2D eigenvalue weighted by molar-refractivity contribution is 0.0905. The van der Waals surface area contributed by atoms with Crippen LogP contribution in [0.25, 0.3) is 0 Å². The monoisotopic (exact) mass is 263 g/mol. The van der Waals surface area contributed by atoms with Gasteiger partial charge in [0.1, 0.15) is 0 Å². The Morgan fingerprint density at radius 1 is 1.37 bits per heavy atom. The average Bonchev–Trinajstić information content (AvgIpc) is 2.34. The van der Waals surface area contributed by atoms with Gasteiger partial charge in [-0.1, -0.05) is 26.8 Å². The second kappa shape index (κ2) is 6.06.